The number of aromatic nitrogens is 1. The van der Waals surface area contributed by atoms with Crippen LogP contribution in [-0.4, -0.2) is 22.6 Å². The first-order valence-electron chi connectivity index (χ1n) is 6.68. The van der Waals surface area contributed by atoms with Crippen molar-refractivity contribution >= 4 is 23.3 Å². The quantitative estimate of drug-likeness (QED) is 0.876. The van der Waals surface area contributed by atoms with Gasteiger partial charge >= 0.3 is 5.97 Å². The molecule has 0 amide bonds. The maximum absolute atomic E-state index is 11.1. The van der Waals surface area contributed by atoms with E-state index in [-0.39, 0.29) is 11.6 Å². The molecule has 1 aromatic carbocycles. The fraction of sp³-hybridized carbons (Fsp3) is 0.200. The predicted molar refractivity (Wildman–Crippen MR) is 82.3 cm³/mol. The van der Waals surface area contributed by atoms with E-state index >= 15 is 0 Å². The molecule has 2 aromatic rings. The standard InChI is InChI=1S/C15H13ClN4O2/c1-9-2-3-10(15(21)22)6-13(9)20-8-12(18-19-20)11-4-5-14(16)17-7-11/h2-7,12H,8H2,1H3,(H,21,22). The molecule has 1 aliphatic rings. The third kappa shape index (κ3) is 2.78. The smallest absolute Gasteiger partial charge is 0.335 e. The van der Waals surface area contributed by atoms with E-state index in [0.29, 0.717) is 11.7 Å². The number of hydrogen-bond acceptors (Lipinski definition) is 5. The van der Waals surface area contributed by atoms with Crippen LogP contribution in [0.3, 0.4) is 0 Å². The average Bonchev–Trinajstić information content (AvgIpc) is 2.98. The van der Waals surface area contributed by atoms with E-state index in [4.69, 9.17) is 16.7 Å². The van der Waals surface area contributed by atoms with Crippen molar-refractivity contribution in [3.63, 3.8) is 0 Å². The van der Waals surface area contributed by atoms with Gasteiger partial charge in [0.15, 0.2) is 0 Å². The Morgan fingerprint density at radius 2 is 2.18 bits per heavy atom. The van der Waals surface area contributed by atoms with Crippen LogP contribution in [0.25, 0.3) is 0 Å². The Morgan fingerprint density at radius 1 is 1.36 bits per heavy atom. The summed E-state index contributed by atoms with van der Waals surface area (Å²) in [6, 6.07) is 8.39. The molecule has 0 saturated carbocycles. The van der Waals surface area contributed by atoms with Crippen molar-refractivity contribution in [2.75, 3.05) is 11.6 Å². The molecule has 22 heavy (non-hydrogen) atoms. The Labute approximate surface area is 132 Å². The van der Waals surface area contributed by atoms with E-state index in [1.807, 2.05) is 13.0 Å². The summed E-state index contributed by atoms with van der Waals surface area (Å²) in [5.74, 6) is -0.962. The van der Waals surface area contributed by atoms with Gasteiger partial charge in [0.05, 0.1) is 17.8 Å². The van der Waals surface area contributed by atoms with Crippen molar-refractivity contribution in [2.24, 2.45) is 10.3 Å². The predicted octanol–water partition coefficient (Wildman–Crippen LogP) is 3.67. The van der Waals surface area contributed by atoms with E-state index in [9.17, 15) is 4.79 Å². The molecule has 1 atom stereocenters. The van der Waals surface area contributed by atoms with Crippen molar-refractivity contribution in [3.05, 3.63) is 58.4 Å². The van der Waals surface area contributed by atoms with Crippen LogP contribution >= 0.6 is 11.6 Å². The number of hydrogen-bond donors (Lipinski definition) is 1. The van der Waals surface area contributed by atoms with Crippen molar-refractivity contribution in [2.45, 2.75) is 13.0 Å². The number of carboxylic acids is 1. The molecular weight excluding hydrogens is 304 g/mol. The summed E-state index contributed by atoms with van der Waals surface area (Å²) in [5, 5.41) is 19.6. The number of carbonyl (C=O) groups is 1. The molecule has 1 N–H and O–H groups in total. The highest BCUT2D eigenvalue weighted by atomic mass is 35.5. The number of pyridine rings is 1. The van der Waals surface area contributed by atoms with Crippen LogP contribution in [0.4, 0.5) is 5.69 Å². The number of benzene rings is 1. The lowest BCUT2D eigenvalue weighted by Gasteiger charge is -2.16. The van der Waals surface area contributed by atoms with Gasteiger partial charge in [-0.3, -0.25) is 0 Å². The molecule has 112 valence electrons. The molecule has 0 radical (unpaired) electrons. The largest absolute Gasteiger partial charge is 0.478 e. The Kier molecular flexibility index (Phi) is 3.77. The number of anilines is 1. The van der Waals surface area contributed by atoms with Gasteiger partial charge < -0.3 is 5.11 Å². The number of aromatic carboxylic acids is 1. The minimum atomic E-state index is -0.962. The lowest BCUT2D eigenvalue weighted by Crippen LogP contribution is -2.17. The van der Waals surface area contributed by atoms with Crippen molar-refractivity contribution in [1.29, 1.82) is 0 Å². The summed E-state index contributed by atoms with van der Waals surface area (Å²) in [5.41, 5.74) is 2.84. The van der Waals surface area contributed by atoms with Crippen LogP contribution in [0.2, 0.25) is 5.15 Å². The van der Waals surface area contributed by atoms with E-state index in [1.54, 1.807) is 35.5 Å². The zero-order chi connectivity index (χ0) is 15.7. The molecule has 1 aromatic heterocycles. The van der Waals surface area contributed by atoms with E-state index < -0.39 is 5.97 Å². The molecule has 0 aliphatic carbocycles. The highest BCUT2D eigenvalue weighted by molar-refractivity contribution is 6.29. The Bertz CT molecular complexity index is 746. The molecule has 7 heteroatoms. The number of rotatable bonds is 3. The number of halogens is 1. The monoisotopic (exact) mass is 316 g/mol. The van der Waals surface area contributed by atoms with Gasteiger partial charge in [-0.15, -0.1) is 0 Å². The fourth-order valence-corrected chi connectivity index (χ4v) is 2.40. The maximum Gasteiger partial charge on any atom is 0.335 e. The van der Waals surface area contributed by atoms with Crippen LogP contribution in [0.5, 0.6) is 0 Å². The molecule has 0 spiro atoms. The Hall–Kier alpha value is -2.47. The third-order valence-electron chi connectivity index (χ3n) is 3.51. The lowest BCUT2D eigenvalue weighted by molar-refractivity contribution is 0.0697. The minimum absolute atomic E-state index is 0.141. The van der Waals surface area contributed by atoms with Gasteiger partial charge in [0.1, 0.15) is 11.2 Å². The second-order valence-corrected chi connectivity index (χ2v) is 5.41. The van der Waals surface area contributed by atoms with Crippen LogP contribution in [0.1, 0.15) is 27.5 Å². The Morgan fingerprint density at radius 3 is 2.86 bits per heavy atom. The van der Waals surface area contributed by atoms with Crippen molar-refractivity contribution in [1.82, 2.24) is 4.98 Å². The molecular formula is C15H13ClN4O2. The molecule has 6 nitrogen and oxygen atoms in total. The highest BCUT2D eigenvalue weighted by Crippen LogP contribution is 2.31. The minimum Gasteiger partial charge on any atom is -0.478 e. The summed E-state index contributed by atoms with van der Waals surface area (Å²) in [6.07, 6.45) is 1.68. The molecule has 0 saturated heterocycles. The molecule has 0 bridgehead atoms. The summed E-state index contributed by atoms with van der Waals surface area (Å²) in [6.45, 7) is 2.45. The summed E-state index contributed by atoms with van der Waals surface area (Å²) < 4.78 is 0. The molecule has 0 fully saturated rings. The summed E-state index contributed by atoms with van der Waals surface area (Å²) in [7, 11) is 0. The fourth-order valence-electron chi connectivity index (χ4n) is 2.28. The van der Waals surface area contributed by atoms with Gasteiger partial charge in [-0.2, -0.15) is 5.11 Å². The number of aryl methyl sites for hydroxylation is 1. The van der Waals surface area contributed by atoms with Gasteiger partial charge in [-0.05, 0) is 36.2 Å². The van der Waals surface area contributed by atoms with E-state index in [0.717, 1.165) is 16.8 Å². The highest BCUT2D eigenvalue weighted by Gasteiger charge is 2.24. The normalized spacial score (nSPS) is 17.0. The number of carboxylic acid groups (broad SMARTS) is 1. The van der Waals surface area contributed by atoms with Gasteiger partial charge in [-0.25, -0.2) is 14.8 Å². The first-order chi connectivity index (χ1) is 10.5. The van der Waals surface area contributed by atoms with Crippen molar-refractivity contribution in [3.8, 4) is 0 Å². The zero-order valence-electron chi connectivity index (χ0n) is 11.8. The zero-order valence-corrected chi connectivity index (χ0v) is 12.5. The SMILES string of the molecule is Cc1ccc(C(=O)O)cc1N1CC(c2ccc(Cl)nc2)N=N1. The number of nitrogens with zero attached hydrogens (tertiary/aromatic N) is 4. The second kappa shape index (κ2) is 5.73. The first kappa shape index (κ1) is 14.5. The van der Waals surface area contributed by atoms with E-state index in [1.165, 1.54) is 0 Å². The topological polar surface area (TPSA) is 78.1 Å². The molecule has 1 unspecified atom stereocenters. The van der Waals surface area contributed by atoms with Crippen LogP contribution in [0.15, 0.2) is 46.9 Å². The van der Waals surface area contributed by atoms with Crippen LogP contribution in [0, 0.1) is 6.92 Å². The summed E-state index contributed by atoms with van der Waals surface area (Å²) >= 11 is 5.78. The lowest BCUT2D eigenvalue weighted by atomic mass is 10.1. The van der Waals surface area contributed by atoms with Crippen molar-refractivity contribution < 1.29 is 9.90 Å². The van der Waals surface area contributed by atoms with Gasteiger partial charge in [0.2, 0.25) is 0 Å². The van der Waals surface area contributed by atoms with Crippen LogP contribution in [-0.2, 0) is 0 Å². The van der Waals surface area contributed by atoms with Gasteiger partial charge in [0, 0.05) is 6.20 Å². The summed E-state index contributed by atoms with van der Waals surface area (Å²) in [4.78, 5) is 15.1. The molecule has 1 aliphatic heterocycles. The molecule has 3 rings (SSSR count). The first-order valence-corrected chi connectivity index (χ1v) is 7.06. The van der Waals surface area contributed by atoms with Gasteiger partial charge in [-0.1, -0.05) is 29.0 Å². The second-order valence-electron chi connectivity index (χ2n) is 5.02. The van der Waals surface area contributed by atoms with E-state index in [2.05, 4.69) is 15.3 Å². The Balaban J connectivity index is 1.84. The maximum atomic E-state index is 11.1. The van der Waals surface area contributed by atoms with Crippen LogP contribution < -0.4 is 5.01 Å². The van der Waals surface area contributed by atoms with Gasteiger partial charge in [0.25, 0.3) is 0 Å². The average molecular weight is 317 g/mol. The third-order valence-corrected chi connectivity index (χ3v) is 3.74. The molecule has 2 heterocycles.